The summed E-state index contributed by atoms with van der Waals surface area (Å²) < 4.78 is 1.75. The lowest BCUT2D eigenvalue weighted by Crippen LogP contribution is -2.30. The molecule has 0 bridgehead atoms. The van der Waals surface area contributed by atoms with Gasteiger partial charge in [-0.1, -0.05) is 0 Å². The molecule has 1 aliphatic rings. The summed E-state index contributed by atoms with van der Waals surface area (Å²) in [6.07, 6.45) is 1.68. The third-order valence-electron chi connectivity index (χ3n) is 3.01. The quantitative estimate of drug-likeness (QED) is 0.375. The van der Waals surface area contributed by atoms with Gasteiger partial charge in [-0.15, -0.1) is 0 Å². The summed E-state index contributed by atoms with van der Waals surface area (Å²) in [5.74, 6) is 0.0499. The fraction of sp³-hybridized carbons (Fsp3) is 0.231. The SMILES string of the molecule is CCN1C(=O)/C(=C/c2cc(I)cc(I)c2O)N(C)C1=S. The Morgan fingerprint density at radius 3 is 2.60 bits per heavy atom. The fourth-order valence-corrected chi connectivity index (χ4v) is 4.13. The first-order valence-electron chi connectivity index (χ1n) is 5.86. The summed E-state index contributed by atoms with van der Waals surface area (Å²) >= 11 is 9.49. The summed E-state index contributed by atoms with van der Waals surface area (Å²) in [5, 5.41) is 10.6. The van der Waals surface area contributed by atoms with Crippen molar-refractivity contribution in [3.63, 3.8) is 0 Å². The zero-order chi connectivity index (χ0) is 15.0. The topological polar surface area (TPSA) is 43.8 Å². The minimum atomic E-state index is -0.131. The highest BCUT2D eigenvalue weighted by Gasteiger charge is 2.34. The Bertz CT molecular complexity index is 631. The van der Waals surface area contributed by atoms with Crippen molar-refractivity contribution in [2.24, 2.45) is 0 Å². The maximum atomic E-state index is 12.3. The molecule has 0 aromatic heterocycles. The molecule has 1 N–H and O–H groups in total. The zero-order valence-electron chi connectivity index (χ0n) is 10.9. The number of thiocarbonyl (C=S) groups is 1. The Labute approximate surface area is 150 Å². The van der Waals surface area contributed by atoms with Gasteiger partial charge in [0.25, 0.3) is 5.91 Å². The number of carbonyl (C=O) groups is 1. The smallest absolute Gasteiger partial charge is 0.276 e. The number of carbonyl (C=O) groups excluding carboxylic acids is 1. The third kappa shape index (κ3) is 2.80. The Kier molecular flexibility index (Phi) is 4.90. The maximum Gasteiger partial charge on any atom is 0.276 e. The molecule has 0 radical (unpaired) electrons. The molecule has 0 unspecified atom stereocenters. The molecule has 1 aliphatic heterocycles. The molecule has 0 atom stereocenters. The van der Waals surface area contributed by atoms with E-state index in [2.05, 4.69) is 45.2 Å². The Balaban J connectivity index is 2.51. The lowest BCUT2D eigenvalue weighted by molar-refractivity contribution is -0.122. The van der Waals surface area contributed by atoms with E-state index < -0.39 is 0 Å². The average molecular weight is 514 g/mol. The minimum absolute atomic E-state index is 0.131. The summed E-state index contributed by atoms with van der Waals surface area (Å²) in [4.78, 5) is 15.5. The van der Waals surface area contributed by atoms with E-state index in [0.717, 1.165) is 7.14 Å². The van der Waals surface area contributed by atoms with E-state index in [0.29, 0.717) is 22.9 Å². The second-order valence-electron chi connectivity index (χ2n) is 4.25. The first-order valence-corrected chi connectivity index (χ1v) is 8.42. The molecule has 1 aromatic rings. The zero-order valence-corrected chi connectivity index (χ0v) is 16.0. The van der Waals surface area contributed by atoms with Crippen molar-refractivity contribution in [1.82, 2.24) is 9.80 Å². The molecule has 0 spiro atoms. The molecular formula is C13H12I2N2O2S. The van der Waals surface area contributed by atoms with Crippen molar-refractivity contribution in [2.45, 2.75) is 6.92 Å². The van der Waals surface area contributed by atoms with Gasteiger partial charge in [-0.25, -0.2) is 0 Å². The van der Waals surface area contributed by atoms with Crippen LogP contribution in [0.3, 0.4) is 0 Å². The van der Waals surface area contributed by atoms with Crippen molar-refractivity contribution in [3.05, 3.63) is 30.5 Å². The predicted octanol–water partition coefficient (Wildman–Crippen LogP) is 3.02. The number of likely N-dealkylation sites (N-methyl/N-ethyl adjacent to an activating group) is 2. The van der Waals surface area contributed by atoms with Crippen LogP contribution in [0, 0.1) is 7.14 Å². The highest BCUT2D eigenvalue weighted by molar-refractivity contribution is 14.1. The molecule has 1 heterocycles. The molecule has 20 heavy (non-hydrogen) atoms. The normalized spacial score (nSPS) is 17.5. The number of halogens is 2. The van der Waals surface area contributed by atoms with Gasteiger partial charge < -0.3 is 10.0 Å². The van der Waals surface area contributed by atoms with Gasteiger partial charge in [-0.05, 0) is 82.5 Å². The van der Waals surface area contributed by atoms with Crippen LogP contribution in [0.5, 0.6) is 5.75 Å². The molecule has 1 saturated heterocycles. The Hall–Kier alpha value is -0.420. The number of phenolic OH excluding ortho intramolecular Hbond substituents is 1. The van der Waals surface area contributed by atoms with Gasteiger partial charge in [0.2, 0.25) is 0 Å². The molecule has 106 valence electrons. The van der Waals surface area contributed by atoms with Crippen LogP contribution in [0.4, 0.5) is 0 Å². The van der Waals surface area contributed by atoms with Crippen molar-refractivity contribution in [2.75, 3.05) is 13.6 Å². The Morgan fingerprint density at radius 2 is 2.05 bits per heavy atom. The van der Waals surface area contributed by atoms with Crippen LogP contribution in [0.15, 0.2) is 17.8 Å². The minimum Gasteiger partial charge on any atom is -0.506 e. The fourth-order valence-electron chi connectivity index (χ4n) is 1.93. The number of nitrogens with zero attached hydrogens (tertiary/aromatic N) is 2. The average Bonchev–Trinajstić information content (AvgIpc) is 2.59. The predicted molar refractivity (Wildman–Crippen MR) is 99.3 cm³/mol. The maximum absolute atomic E-state index is 12.3. The van der Waals surface area contributed by atoms with Gasteiger partial charge in [0.1, 0.15) is 11.4 Å². The van der Waals surface area contributed by atoms with Gasteiger partial charge in [-0.2, -0.15) is 0 Å². The molecule has 0 saturated carbocycles. The van der Waals surface area contributed by atoms with E-state index in [-0.39, 0.29) is 11.7 Å². The highest BCUT2D eigenvalue weighted by Crippen LogP contribution is 2.30. The molecule has 2 rings (SSSR count). The largest absolute Gasteiger partial charge is 0.506 e. The number of rotatable bonds is 2. The van der Waals surface area contributed by atoms with Crippen LogP contribution in [-0.4, -0.2) is 39.5 Å². The number of phenols is 1. The molecular weight excluding hydrogens is 502 g/mol. The number of benzene rings is 1. The van der Waals surface area contributed by atoms with Gasteiger partial charge in [0.05, 0.1) is 3.57 Å². The summed E-state index contributed by atoms with van der Waals surface area (Å²) in [6, 6.07) is 3.71. The molecule has 0 aliphatic carbocycles. The van der Waals surface area contributed by atoms with Crippen LogP contribution in [0.1, 0.15) is 12.5 Å². The first kappa shape index (κ1) is 16.0. The van der Waals surface area contributed by atoms with E-state index in [1.54, 1.807) is 18.0 Å². The lowest BCUT2D eigenvalue weighted by Gasteiger charge is -2.13. The summed E-state index contributed by atoms with van der Waals surface area (Å²) in [5.41, 5.74) is 1.10. The van der Waals surface area contributed by atoms with Crippen molar-refractivity contribution in [1.29, 1.82) is 0 Å². The Morgan fingerprint density at radius 1 is 1.40 bits per heavy atom. The van der Waals surface area contributed by atoms with E-state index in [4.69, 9.17) is 12.2 Å². The van der Waals surface area contributed by atoms with Crippen molar-refractivity contribution in [3.8, 4) is 5.75 Å². The molecule has 4 nitrogen and oxygen atoms in total. The van der Waals surface area contributed by atoms with E-state index in [1.807, 2.05) is 19.1 Å². The number of hydrogen-bond acceptors (Lipinski definition) is 3. The van der Waals surface area contributed by atoms with Crippen molar-refractivity contribution >= 4 is 74.5 Å². The van der Waals surface area contributed by atoms with Crippen LogP contribution >= 0.6 is 57.4 Å². The van der Waals surface area contributed by atoms with Gasteiger partial charge in [0.15, 0.2) is 5.11 Å². The third-order valence-corrected chi connectivity index (χ3v) is 4.95. The summed E-state index contributed by atoms with van der Waals surface area (Å²) in [6.45, 7) is 2.42. The van der Waals surface area contributed by atoms with Crippen LogP contribution in [-0.2, 0) is 4.79 Å². The number of amides is 1. The number of hydrogen-bond donors (Lipinski definition) is 1. The standard InChI is InChI=1S/C13H12I2N2O2S/c1-3-17-12(19)10(16(2)13(17)20)5-7-4-8(14)6-9(15)11(7)18/h4-6,18H,3H2,1-2H3/b10-5-. The summed E-state index contributed by atoms with van der Waals surface area (Å²) in [7, 11) is 1.76. The van der Waals surface area contributed by atoms with Crippen molar-refractivity contribution < 1.29 is 9.90 Å². The number of aromatic hydroxyl groups is 1. The van der Waals surface area contributed by atoms with E-state index >= 15 is 0 Å². The second-order valence-corrected chi connectivity index (χ2v) is 7.02. The molecule has 1 aromatic carbocycles. The van der Waals surface area contributed by atoms with Gasteiger partial charge in [0, 0.05) is 22.7 Å². The van der Waals surface area contributed by atoms with E-state index in [9.17, 15) is 9.90 Å². The van der Waals surface area contributed by atoms with Crippen LogP contribution < -0.4 is 0 Å². The second kappa shape index (κ2) is 6.14. The first-order chi connectivity index (χ1) is 9.36. The van der Waals surface area contributed by atoms with E-state index in [1.165, 1.54) is 4.90 Å². The monoisotopic (exact) mass is 514 g/mol. The lowest BCUT2D eigenvalue weighted by atomic mass is 10.1. The molecule has 1 amide bonds. The van der Waals surface area contributed by atoms with Crippen LogP contribution in [0.2, 0.25) is 0 Å². The van der Waals surface area contributed by atoms with Crippen LogP contribution in [0.25, 0.3) is 6.08 Å². The molecule has 7 heteroatoms. The molecule has 1 fully saturated rings. The highest BCUT2D eigenvalue weighted by atomic mass is 127. The van der Waals surface area contributed by atoms with Gasteiger partial charge >= 0.3 is 0 Å². The van der Waals surface area contributed by atoms with Gasteiger partial charge in [-0.3, -0.25) is 9.69 Å².